The number of H-pyrrole nitrogens is 1. The Morgan fingerprint density at radius 3 is 3.06 bits per heavy atom. The van der Waals surface area contributed by atoms with Gasteiger partial charge >= 0.3 is 0 Å². The molecular formula is C13H15FN2. The molecule has 2 N–H and O–H groups in total. The van der Waals surface area contributed by atoms with Gasteiger partial charge in [0.25, 0.3) is 0 Å². The lowest BCUT2D eigenvalue weighted by Gasteiger charge is -2.01. The highest BCUT2D eigenvalue weighted by Gasteiger charge is 2.19. The largest absolute Gasteiger partial charge is 0.361 e. The zero-order valence-electron chi connectivity index (χ0n) is 9.09. The zero-order valence-corrected chi connectivity index (χ0v) is 9.09. The second kappa shape index (κ2) is 3.91. The van der Waals surface area contributed by atoms with E-state index in [0.29, 0.717) is 0 Å². The third kappa shape index (κ3) is 1.95. The minimum Gasteiger partial charge on any atom is -0.361 e. The number of aromatic amines is 1. The van der Waals surface area contributed by atoms with Crippen molar-refractivity contribution in [1.82, 2.24) is 10.3 Å². The first kappa shape index (κ1) is 9.85. The van der Waals surface area contributed by atoms with E-state index >= 15 is 0 Å². The predicted octanol–water partition coefficient (Wildman–Crippen LogP) is 2.60. The average Bonchev–Trinajstić information content (AvgIpc) is 3.01. The van der Waals surface area contributed by atoms with E-state index in [9.17, 15) is 4.39 Å². The standard InChI is InChI=1S/C13H15FN2/c14-10-1-4-13-12(7-10)9(8-16-13)5-6-15-11-2-3-11/h1,4,7-8,11,15-16H,2-3,5-6H2. The maximum absolute atomic E-state index is 13.1. The monoisotopic (exact) mass is 218 g/mol. The van der Waals surface area contributed by atoms with Crippen molar-refractivity contribution in [2.24, 2.45) is 0 Å². The van der Waals surface area contributed by atoms with E-state index in [1.165, 1.54) is 24.5 Å². The Morgan fingerprint density at radius 2 is 2.25 bits per heavy atom. The highest BCUT2D eigenvalue weighted by atomic mass is 19.1. The molecule has 0 bridgehead atoms. The van der Waals surface area contributed by atoms with Crippen LogP contribution < -0.4 is 5.32 Å². The molecule has 0 spiro atoms. The molecule has 0 radical (unpaired) electrons. The van der Waals surface area contributed by atoms with Crippen molar-refractivity contribution in [3.63, 3.8) is 0 Å². The number of halogens is 1. The number of hydrogen-bond acceptors (Lipinski definition) is 1. The molecule has 1 aliphatic rings. The summed E-state index contributed by atoms with van der Waals surface area (Å²) >= 11 is 0. The first-order valence-electron chi connectivity index (χ1n) is 5.82. The Kier molecular flexibility index (Phi) is 2.40. The van der Waals surface area contributed by atoms with Gasteiger partial charge in [-0.25, -0.2) is 4.39 Å². The lowest BCUT2D eigenvalue weighted by Crippen LogP contribution is -2.19. The predicted molar refractivity (Wildman–Crippen MR) is 63.0 cm³/mol. The number of benzene rings is 1. The van der Waals surface area contributed by atoms with Gasteiger partial charge in [-0.3, -0.25) is 0 Å². The van der Waals surface area contributed by atoms with Crippen LogP contribution in [0.4, 0.5) is 4.39 Å². The first-order valence-corrected chi connectivity index (χ1v) is 5.82. The van der Waals surface area contributed by atoms with Crippen LogP contribution in [-0.2, 0) is 6.42 Å². The molecule has 1 heterocycles. The van der Waals surface area contributed by atoms with Gasteiger partial charge in [0.05, 0.1) is 0 Å². The summed E-state index contributed by atoms with van der Waals surface area (Å²) < 4.78 is 13.1. The zero-order chi connectivity index (χ0) is 11.0. The van der Waals surface area contributed by atoms with Crippen LogP contribution >= 0.6 is 0 Å². The fourth-order valence-corrected chi connectivity index (χ4v) is 2.06. The van der Waals surface area contributed by atoms with Crippen molar-refractivity contribution in [1.29, 1.82) is 0 Å². The molecule has 1 saturated carbocycles. The molecule has 16 heavy (non-hydrogen) atoms. The molecule has 1 fully saturated rings. The van der Waals surface area contributed by atoms with Crippen LogP contribution in [0.15, 0.2) is 24.4 Å². The molecule has 0 atom stereocenters. The van der Waals surface area contributed by atoms with Crippen molar-refractivity contribution in [3.05, 3.63) is 35.8 Å². The fourth-order valence-electron chi connectivity index (χ4n) is 2.06. The van der Waals surface area contributed by atoms with E-state index in [4.69, 9.17) is 0 Å². The molecule has 0 saturated heterocycles. The average molecular weight is 218 g/mol. The van der Waals surface area contributed by atoms with Crippen molar-refractivity contribution in [2.45, 2.75) is 25.3 Å². The van der Waals surface area contributed by atoms with E-state index in [2.05, 4.69) is 10.3 Å². The summed E-state index contributed by atoms with van der Waals surface area (Å²) in [5.74, 6) is -0.163. The summed E-state index contributed by atoms with van der Waals surface area (Å²) in [4.78, 5) is 3.17. The molecule has 3 rings (SSSR count). The molecule has 84 valence electrons. The molecule has 0 amide bonds. The SMILES string of the molecule is Fc1ccc2[nH]cc(CCNC3CC3)c2c1. The van der Waals surface area contributed by atoms with Crippen LogP contribution in [0.1, 0.15) is 18.4 Å². The van der Waals surface area contributed by atoms with Crippen molar-refractivity contribution < 1.29 is 4.39 Å². The third-order valence-electron chi connectivity index (χ3n) is 3.13. The summed E-state index contributed by atoms with van der Waals surface area (Å²) in [5.41, 5.74) is 2.21. The summed E-state index contributed by atoms with van der Waals surface area (Å²) in [7, 11) is 0. The van der Waals surface area contributed by atoms with E-state index in [-0.39, 0.29) is 5.82 Å². The summed E-state index contributed by atoms with van der Waals surface area (Å²) in [6, 6.07) is 5.63. The van der Waals surface area contributed by atoms with Gasteiger partial charge < -0.3 is 10.3 Å². The Hall–Kier alpha value is -1.35. The number of fused-ring (bicyclic) bond motifs is 1. The molecule has 3 heteroatoms. The number of hydrogen-bond donors (Lipinski definition) is 2. The quantitative estimate of drug-likeness (QED) is 0.811. The summed E-state index contributed by atoms with van der Waals surface area (Å²) in [6.07, 6.45) is 5.56. The van der Waals surface area contributed by atoms with Crippen molar-refractivity contribution in [3.8, 4) is 0 Å². The van der Waals surface area contributed by atoms with Gasteiger partial charge in [-0.2, -0.15) is 0 Å². The highest BCUT2D eigenvalue weighted by Crippen LogP contribution is 2.21. The van der Waals surface area contributed by atoms with Crippen LogP contribution in [0.2, 0.25) is 0 Å². The number of rotatable bonds is 4. The highest BCUT2D eigenvalue weighted by molar-refractivity contribution is 5.83. The van der Waals surface area contributed by atoms with Gasteiger partial charge in [0, 0.05) is 23.1 Å². The van der Waals surface area contributed by atoms with Crippen molar-refractivity contribution >= 4 is 10.9 Å². The van der Waals surface area contributed by atoms with E-state index in [1.807, 2.05) is 6.20 Å². The maximum Gasteiger partial charge on any atom is 0.123 e. The molecule has 1 aromatic carbocycles. The van der Waals surface area contributed by atoms with Gasteiger partial charge in [0.2, 0.25) is 0 Å². The number of aromatic nitrogens is 1. The lowest BCUT2D eigenvalue weighted by atomic mass is 10.1. The molecule has 0 aliphatic heterocycles. The van der Waals surface area contributed by atoms with Gasteiger partial charge in [-0.1, -0.05) is 0 Å². The van der Waals surface area contributed by atoms with Crippen LogP contribution in [0.25, 0.3) is 10.9 Å². The molecule has 1 aliphatic carbocycles. The normalized spacial score (nSPS) is 15.8. The van der Waals surface area contributed by atoms with E-state index in [0.717, 1.165) is 29.9 Å². The van der Waals surface area contributed by atoms with Gasteiger partial charge in [-0.15, -0.1) is 0 Å². The van der Waals surface area contributed by atoms with Crippen LogP contribution in [0, 0.1) is 5.82 Å². The first-order chi connectivity index (χ1) is 7.83. The Labute approximate surface area is 93.9 Å². The van der Waals surface area contributed by atoms with Gasteiger partial charge in [0.1, 0.15) is 5.82 Å². The smallest absolute Gasteiger partial charge is 0.123 e. The second-order valence-electron chi connectivity index (χ2n) is 4.48. The minimum atomic E-state index is -0.163. The molecule has 2 aromatic rings. The van der Waals surface area contributed by atoms with E-state index < -0.39 is 0 Å². The molecule has 0 unspecified atom stereocenters. The van der Waals surface area contributed by atoms with E-state index in [1.54, 1.807) is 12.1 Å². The minimum absolute atomic E-state index is 0.163. The topological polar surface area (TPSA) is 27.8 Å². The second-order valence-corrected chi connectivity index (χ2v) is 4.48. The number of nitrogens with one attached hydrogen (secondary N) is 2. The lowest BCUT2D eigenvalue weighted by molar-refractivity contribution is 0.629. The molecular weight excluding hydrogens is 203 g/mol. The van der Waals surface area contributed by atoms with Gasteiger partial charge in [-0.05, 0) is 49.6 Å². The Balaban J connectivity index is 1.76. The summed E-state index contributed by atoms with van der Waals surface area (Å²) in [6.45, 7) is 0.980. The third-order valence-corrected chi connectivity index (χ3v) is 3.13. The fraction of sp³-hybridized carbons (Fsp3) is 0.385. The van der Waals surface area contributed by atoms with Crippen molar-refractivity contribution in [2.75, 3.05) is 6.54 Å². The Morgan fingerprint density at radius 1 is 1.38 bits per heavy atom. The maximum atomic E-state index is 13.1. The Bertz CT molecular complexity index is 500. The molecule has 1 aromatic heterocycles. The van der Waals surface area contributed by atoms with Crippen LogP contribution in [0.5, 0.6) is 0 Å². The van der Waals surface area contributed by atoms with Gasteiger partial charge in [0.15, 0.2) is 0 Å². The van der Waals surface area contributed by atoms with Crippen LogP contribution in [0.3, 0.4) is 0 Å². The molecule has 2 nitrogen and oxygen atoms in total. The summed E-state index contributed by atoms with van der Waals surface area (Å²) in [5, 5.41) is 4.48. The van der Waals surface area contributed by atoms with Crippen LogP contribution in [-0.4, -0.2) is 17.6 Å².